The number of alkyl carbamates (subject to hydrolysis) is 1. The molecule has 0 unspecified atom stereocenters. The zero-order chi connectivity index (χ0) is 39.4. The van der Waals surface area contributed by atoms with Crippen molar-refractivity contribution in [3.05, 3.63) is 11.6 Å². The molecule has 0 bridgehead atoms. The Balaban J connectivity index is 1.44. The molecule has 4 aliphatic carbocycles. The molecule has 3 saturated carbocycles. The second-order valence-electron chi connectivity index (χ2n) is 20.4. The van der Waals surface area contributed by atoms with E-state index in [1.165, 1.54) is 38.5 Å². The fraction of sp³-hybridized carbons (Fsp3) is 0.909. The molecule has 4 rings (SSSR count). The fourth-order valence-corrected chi connectivity index (χ4v) is 10.9. The first-order valence-electron chi connectivity index (χ1n) is 21.4. The van der Waals surface area contributed by atoms with Crippen LogP contribution in [0, 0.1) is 40.4 Å². The Morgan fingerprint density at radius 3 is 2.21 bits per heavy atom. The number of ether oxygens (including phenoxy) is 2. The molecule has 0 aromatic heterocycles. The maximum absolute atomic E-state index is 13.3. The highest BCUT2D eigenvalue weighted by Gasteiger charge is 2.65. The maximum atomic E-state index is 13.3. The van der Waals surface area contributed by atoms with Crippen LogP contribution in [0.2, 0.25) is 0 Å². The number of rotatable bonds is 15. The van der Waals surface area contributed by atoms with Crippen molar-refractivity contribution >= 4 is 12.2 Å². The highest BCUT2D eigenvalue weighted by atomic mass is 16.6. The van der Waals surface area contributed by atoms with Crippen molar-refractivity contribution < 1.29 is 29.3 Å². The molecule has 2 amide bonds. The molecule has 0 saturated heterocycles. The van der Waals surface area contributed by atoms with Gasteiger partial charge in [-0.2, -0.15) is 0 Å². The van der Waals surface area contributed by atoms with Crippen molar-refractivity contribution in [1.29, 1.82) is 0 Å². The van der Waals surface area contributed by atoms with Crippen molar-refractivity contribution in [1.82, 2.24) is 15.5 Å². The van der Waals surface area contributed by atoms with Crippen LogP contribution in [0.15, 0.2) is 11.6 Å². The first-order valence-corrected chi connectivity index (χ1v) is 21.4. The minimum Gasteiger partial charge on any atom is -0.444 e. The first kappa shape index (κ1) is 43.9. The van der Waals surface area contributed by atoms with Crippen LogP contribution in [0.4, 0.5) is 9.59 Å². The van der Waals surface area contributed by atoms with Gasteiger partial charge >= 0.3 is 12.2 Å². The Morgan fingerprint density at radius 2 is 1.55 bits per heavy atom. The smallest absolute Gasteiger partial charge is 0.410 e. The van der Waals surface area contributed by atoms with Crippen LogP contribution in [0.3, 0.4) is 0 Å². The Hall–Kier alpha value is -1.84. The van der Waals surface area contributed by atoms with Crippen LogP contribution in [-0.4, -0.2) is 82.4 Å². The average molecular weight is 746 g/mol. The summed E-state index contributed by atoms with van der Waals surface area (Å²) in [6.45, 7) is 25.4. The van der Waals surface area contributed by atoms with Gasteiger partial charge in [0.2, 0.25) is 0 Å². The molecule has 9 nitrogen and oxygen atoms in total. The largest absolute Gasteiger partial charge is 0.444 e. The molecule has 0 aliphatic heterocycles. The fourth-order valence-electron chi connectivity index (χ4n) is 10.9. The van der Waals surface area contributed by atoms with Crippen LogP contribution in [0.5, 0.6) is 0 Å². The molecule has 0 heterocycles. The van der Waals surface area contributed by atoms with E-state index in [0.29, 0.717) is 69.1 Å². The Kier molecular flexibility index (Phi) is 14.5. The molecular formula is C44H79N3O6. The molecule has 4 aliphatic rings. The first-order chi connectivity index (χ1) is 24.6. The molecule has 3 fully saturated rings. The molecule has 53 heavy (non-hydrogen) atoms. The number of hydrogen-bond donors (Lipinski definition) is 4. The number of aliphatic hydroxyl groups is 2. The van der Waals surface area contributed by atoms with Gasteiger partial charge in [0.15, 0.2) is 0 Å². The van der Waals surface area contributed by atoms with Crippen molar-refractivity contribution in [3.63, 3.8) is 0 Å². The van der Waals surface area contributed by atoms with E-state index in [9.17, 15) is 19.8 Å². The SMILES string of the molecule is CC(C)CCC[C@@H](C)[C@H]1CC[C@H]2C3=C[C@@H](NCCCN(CCCCNC(=O)OC(C)(C)C)C(=O)OC(C)(C)C)[C@@]4(O)C[C@@H](O)CC[C@]4(C)[C@H]3CC[C@]12C. The molecule has 4 N–H and O–H groups in total. The van der Waals surface area contributed by atoms with E-state index < -0.39 is 29.0 Å². The highest BCUT2D eigenvalue weighted by Crippen LogP contribution is 2.67. The lowest BCUT2D eigenvalue weighted by Gasteiger charge is -2.63. The van der Waals surface area contributed by atoms with Gasteiger partial charge in [0.05, 0.1) is 17.7 Å². The van der Waals surface area contributed by atoms with Gasteiger partial charge in [-0.25, -0.2) is 9.59 Å². The summed E-state index contributed by atoms with van der Waals surface area (Å²) in [6.07, 6.45) is 14.0. The number of carbonyl (C=O) groups is 2. The summed E-state index contributed by atoms with van der Waals surface area (Å²) >= 11 is 0. The lowest BCUT2D eigenvalue weighted by molar-refractivity contribution is -0.181. The molecule has 0 aromatic rings. The number of allylic oxidation sites excluding steroid dienone is 1. The molecule has 9 atom stereocenters. The Labute approximate surface area is 323 Å². The minimum absolute atomic E-state index is 0.257. The predicted molar refractivity (Wildman–Crippen MR) is 214 cm³/mol. The van der Waals surface area contributed by atoms with Crippen molar-refractivity contribution in [2.45, 2.75) is 189 Å². The van der Waals surface area contributed by atoms with Gasteiger partial charge in [-0.05, 0) is 141 Å². The predicted octanol–water partition coefficient (Wildman–Crippen LogP) is 9.00. The van der Waals surface area contributed by atoms with Crippen LogP contribution < -0.4 is 10.6 Å². The van der Waals surface area contributed by atoms with Gasteiger partial charge in [0.1, 0.15) is 11.2 Å². The summed E-state index contributed by atoms with van der Waals surface area (Å²) in [7, 11) is 0. The second kappa shape index (κ2) is 17.5. The summed E-state index contributed by atoms with van der Waals surface area (Å²) < 4.78 is 11.1. The standard InChI is InChI=1S/C44H79N3O6/c1-30(2)16-14-17-31(3)34-18-19-35-33-28-37(44(51)29-32(48)20-23-43(44,11)36(33)21-22-42(34,35)10)45-25-15-27-47(39(50)53-41(7,8)9)26-13-12-24-46-38(49)52-40(4,5)6/h28,30-32,34-37,45,48,51H,12-27,29H2,1-11H3,(H,46,49)/t31-,32+,34-,35+,36+,37-,42-,43-,44+/m1/s1. The molecular weight excluding hydrogens is 666 g/mol. The van der Waals surface area contributed by atoms with Crippen LogP contribution >= 0.6 is 0 Å². The number of aliphatic hydroxyl groups excluding tert-OH is 1. The number of carbonyl (C=O) groups excluding carboxylic acids is 2. The van der Waals surface area contributed by atoms with Gasteiger partial charge in [-0.1, -0.05) is 65.5 Å². The summed E-state index contributed by atoms with van der Waals surface area (Å²) in [4.78, 5) is 27.1. The summed E-state index contributed by atoms with van der Waals surface area (Å²) in [5, 5.41) is 30.2. The van der Waals surface area contributed by atoms with E-state index in [-0.39, 0.29) is 17.6 Å². The summed E-state index contributed by atoms with van der Waals surface area (Å²) in [5.74, 6) is 3.11. The molecule has 0 aromatic carbocycles. The van der Waals surface area contributed by atoms with E-state index >= 15 is 0 Å². The lowest BCUT2D eigenvalue weighted by atomic mass is 9.45. The lowest BCUT2D eigenvalue weighted by Crippen LogP contribution is -2.68. The zero-order valence-electron chi connectivity index (χ0n) is 35.6. The van der Waals surface area contributed by atoms with E-state index in [0.717, 1.165) is 37.0 Å². The number of amides is 2. The van der Waals surface area contributed by atoms with Gasteiger partial charge in [-0.15, -0.1) is 0 Å². The van der Waals surface area contributed by atoms with Crippen molar-refractivity contribution in [2.24, 2.45) is 40.4 Å². The van der Waals surface area contributed by atoms with Crippen molar-refractivity contribution in [3.8, 4) is 0 Å². The molecule has 0 spiro atoms. The number of nitrogens with one attached hydrogen (secondary N) is 2. The quantitative estimate of drug-likeness (QED) is 0.0976. The Bertz CT molecular complexity index is 1260. The van der Waals surface area contributed by atoms with Crippen molar-refractivity contribution in [2.75, 3.05) is 26.2 Å². The monoisotopic (exact) mass is 746 g/mol. The van der Waals surface area contributed by atoms with Crippen LogP contribution in [-0.2, 0) is 9.47 Å². The van der Waals surface area contributed by atoms with Gasteiger partial charge < -0.3 is 35.2 Å². The number of fused-ring (bicyclic) bond motifs is 5. The third-order valence-corrected chi connectivity index (χ3v) is 13.6. The highest BCUT2D eigenvalue weighted by molar-refractivity contribution is 5.68. The number of unbranched alkanes of at least 4 members (excludes halogenated alkanes) is 1. The van der Waals surface area contributed by atoms with Crippen LogP contribution in [0.25, 0.3) is 0 Å². The number of hydrogen-bond acceptors (Lipinski definition) is 7. The summed E-state index contributed by atoms with van der Waals surface area (Å²) in [5.41, 5.74) is -0.625. The third-order valence-electron chi connectivity index (χ3n) is 13.6. The normalized spacial score (nSPS) is 33.3. The third kappa shape index (κ3) is 10.7. The van der Waals surface area contributed by atoms with Gasteiger partial charge in [0.25, 0.3) is 0 Å². The molecule has 306 valence electrons. The average Bonchev–Trinajstić information content (AvgIpc) is 3.38. The second-order valence-corrected chi connectivity index (χ2v) is 20.4. The molecule has 0 radical (unpaired) electrons. The van der Waals surface area contributed by atoms with Crippen LogP contribution in [0.1, 0.15) is 160 Å². The Morgan fingerprint density at radius 1 is 0.868 bits per heavy atom. The van der Waals surface area contributed by atoms with E-state index in [1.807, 2.05) is 41.5 Å². The maximum Gasteiger partial charge on any atom is 0.410 e. The summed E-state index contributed by atoms with van der Waals surface area (Å²) in [6, 6.07) is -0.257. The van der Waals surface area contributed by atoms with Gasteiger partial charge in [-0.3, -0.25) is 0 Å². The van der Waals surface area contributed by atoms with E-state index in [4.69, 9.17) is 9.47 Å². The topological polar surface area (TPSA) is 120 Å². The van der Waals surface area contributed by atoms with E-state index in [1.54, 1.807) is 10.5 Å². The molecule has 9 heteroatoms. The minimum atomic E-state index is -1.04. The zero-order valence-corrected chi connectivity index (χ0v) is 35.6. The van der Waals surface area contributed by atoms with E-state index in [2.05, 4.69) is 51.3 Å². The van der Waals surface area contributed by atoms with Gasteiger partial charge in [0, 0.05) is 31.5 Å². The number of nitrogens with zero attached hydrogens (tertiary/aromatic N) is 1.